The topological polar surface area (TPSA) is 49.3 Å². The Morgan fingerprint density at radius 2 is 1.86 bits per heavy atom. The van der Waals surface area contributed by atoms with Gasteiger partial charge in [0.15, 0.2) is 0 Å². The molecule has 2 N–H and O–H groups in total. The van der Waals surface area contributed by atoms with Crippen molar-refractivity contribution < 1.29 is 23.1 Å². The number of aliphatic hydroxyl groups is 1. The molecular weight excluding hydrogens is 414 g/mol. The van der Waals surface area contributed by atoms with Crippen LogP contribution in [0.2, 0.25) is 10.0 Å². The summed E-state index contributed by atoms with van der Waals surface area (Å²) in [5.74, 6) is -2.14. The van der Waals surface area contributed by atoms with Gasteiger partial charge in [-0.15, -0.1) is 0 Å². The number of hydrogen-bond acceptors (Lipinski definition) is 2. The highest BCUT2D eigenvalue weighted by atomic mass is 35.5. The van der Waals surface area contributed by atoms with Gasteiger partial charge in [0.05, 0.1) is 27.3 Å². The van der Waals surface area contributed by atoms with Gasteiger partial charge in [0.1, 0.15) is 17.8 Å². The van der Waals surface area contributed by atoms with Gasteiger partial charge in [-0.3, -0.25) is 4.79 Å². The van der Waals surface area contributed by atoms with Gasteiger partial charge in [-0.25, -0.2) is 13.2 Å². The largest absolute Gasteiger partial charge is 0.387 e. The Balaban J connectivity index is 2.00. The summed E-state index contributed by atoms with van der Waals surface area (Å²) in [6, 6.07) is 6.20. The van der Waals surface area contributed by atoms with Crippen LogP contribution < -0.4 is 5.32 Å². The van der Waals surface area contributed by atoms with Crippen molar-refractivity contribution in [1.82, 2.24) is 5.32 Å². The number of alkyl halides is 1. The van der Waals surface area contributed by atoms with Crippen molar-refractivity contribution in [3.8, 4) is 0 Å². The molecule has 1 atom stereocenters. The third-order valence-corrected chi connectivity index (χ3v) is 5.79. The maximum absolute atomic E-state index is 14.0. The van der Waals surface area contributed by atoms with E-state index in [1.54, 1.807) is 0 Å². The van der Waals surface area contributed by atoms with Gasteiger partial charge in [-0.2, -0.15) is 0 Å². The van der Waals surface area contributed by atoms with Crippen LogP contribution >= 0.6 is 23.2 Å². The fourth-order valence-corrected chi connectivity index (χ4v) is 3.93. The van der Waals surface area contributed by atoms with Gasteiger partial charge in [0.25, 0.3) is 5.91 Å². The summed E-state index contributed by atoms with van der Waals surface area (Å²) in [7, 11) is 0. The zero-order valence-electron chi connectivity index (χ0n) is 14.7. The van der Waals surface area contributed by atoms with Crippen molar-refractivity contribution in [3.63, 3.8) is 0 Å². The lowest BCUT2D eigenvalue weighted by Crippen LogP contribution is -2.48. The minimum absolute atomic E-state index is 0.0162. The summed E-state index contributed by atoms with van der Waals surface area (Å²) in [4.78, 5) is 12.8. The minimum Gasteiger partial charge on any atom is -0.387 e. The second kappa shape index (κ2) is 8.31. The lowest BCUT2D eigenvalue weighted by molar-refractivity contribution is -0.0445. The van der Waals surface area contributed by atoms with E-state index in [1.807, 2.05) is 0 Å². The van der Waals surface area contributed by atoms with E-state index >= 15 is 0 Å². The highest BCUT2D eigenvalue weighted by Gasteiger charge is 2.43. The molecule has 150 valence electrons. The first-order valence-electron chi connectivity index (χ1n) is 8.77. The van der Waals surface area contributed by atoms with Crippen molar-refractivity contribution in [2.24, 2.45) is 0 Å². The molecule has 1 fully saturated rings. The standard InChI is InChI=1S/C20H18Cl2F3NO2/c21-15-5-4-12(24)10-14(15)19(27)26-18(13-2-1-3-16(25)17(13)22)20(28)8-6-11(23)7-9-20/h1-5,10-11,18,28H,6-9H2,(H,26,27)/t11-,18?,20+. The third kappa shape index (κ3) is 4.29. The van der Waals surface area contributed by atoms with Gasteiger partial charge in [-0.1, -0.05) is 35.3 Å². The molecule has 3 nitrogen and oxygen atoms in total. The van der Waals surface area contributed by atoms with Gasteiger partial charge in [0.2, 0.25) is 0 Å². The number of hydrogen-bond donors (Lipinski definition) is 2. The number of halogens is 5. The zero-order valence-corrected chi connectivity index (χ0v) is 16.2. The molecule has 3 rings (SSSR count). The molecule has 0 aliphatic heterocycles. The molecule has 0 saturated heterocycles. The molecule has 1 aliphatic carbocycles. The monoisotopic (exact) mass is 431 g/mol. The van der Waals surface area contributed by atoms with E-state index in [0.29, 0.717) is 0 Å². The van der Waals surface area contributed by atoms with Crippen LogP contribution in [0.15, 0.2) is 36.4 Å². The number of carbonyl (C=O) groups is 1. The van der Waals surface area contributed by atoms with Crippen molar-refractivity contribution in [1.29, 1.82) is 0 Å². The van der Waals surface area contributed by atoms with E-state index in [1.165, 1.54) is 18.2 Å². The van der Waals surface area contributed by atoms with Gasteiger partial charge < -0.3 is 10.4 Å². The summed E-state index contributed by atoms with van der Waals surface area (Å²) < 4.78 is 41.2. The normalized spacial score (nSPS) is 23.3. The van der Waals surface area contributed by atoms with Crippen LogP contribution in [0.3, 0.4) is 0 Å². The van der Waals surface area contributed by atoms with Gasteiger partial charge >= 0.3 is 0 Å². The minimum atomic E-state index is -1.55. The molecule has 1 aliphatic rings. The number of carbonyl (C=O) groups excluding carboxylic acids is 1. The summed E-state index contributed by atoms with van der Waals surface area (Å²) in [5.41, 5.74) is -1.53. The Hall–Kier alpha value is -1.76. The summed E-state index contributed by atoms with van der Waals surface area (Å²) in [5, 5.41) is 13.5. The highest BCUT2D eigenvalue weighted by molar-refractivity contribution is 6.34. The predicted octanol–water partition coefficient (Wildman–Crippen LogP) is 5.39. The Labute approximate surface area is 170 Å². The van der Waals surface area contributed by atoms with Gasteiger partial charge in [-0.05, 0) is 55.5 Å². The van der Waals surface area contributed by atoms with Crippen LogP contribution in [0, 0.1) is 11.6 Å². The molecular formula is C20H18Cl2F3NO2. The second-order valence-corrected chi connectivity index (χ2v) is 7.74. The smallest absolute Gasteiger partial charge is 0.253 e. The molecule has 1 unspecified atom stereocenters. The first-order valence-corrected chi connectivity index (χ1v) is 9.53. The Bertz CT molecular complexity index is 886. The van der Waals surface area contributed by atoms with E-state index in [4.69, 9.17) is 23.2 Å². The predicted molar refractivity (Wildman–Crippen MR) is 101 cm³/mol. The van der Waals surface area contributed by atoms with Crippen LogP contribution in [0.5, 0.6) is 0 Å². The average Bonchev–Trinajstić information content (AvgIpc) is 2.66. The van der Waals surface area contributed by atoms with E-state index < -0.39 is 35.4 Å². The Morgan fingerprint density at radius 1 is 1.18 bits per heavy atom. The maximum atomic E-state index is 14.0. The zero-order chi connectivity index (χ0) is 20.5. The average molecular weight is 432 g/mol. The van der Waals surface area contributed by atoms with Crippen LogP contribution in [0.25, 0.3) is 0 Å². The third-order valence-electron chi connectivity index (χ3n) is 5.06. The Kier molecular flexibility index (Phi) is 6.22. The number of rotatable bonds is 4. The molecule has 0 bridgehead atoms. The first-order chi connectivity index (χ1) is 13.2. The van der Waals surface area contributed by atoms with Crippen molar-refractivity contribution in [2.45, 2.75) is 43.5 Å². The molecule has 2 aromatic carbocycles. The van der Waals surface area contributed by atoms with E-state index in [-0.39, 0.29) is 46.9 Å². The molecule has 28 heavy (non-hydrogen) atoms. The first kappa shape index (κ1) is 21.0. The maximum Gasteiger partial charge on any atom is 0.253 e. The molecule has 8 heteroatoms. The van der Waals surface area contributed by atoms with E-state index in [0.717, 1.165) is 18.2 Å². The van der Waals surface area contributed by atoms with Crippen molar-refractivity contribution >= 4 is 29.1 Å². The molecule has 2 aromatic rings. The van der Waals surface area contributed by atoms with Crippen LogP contribution in [0.4, 0.5) is 13.2 Å². The van der Waals surface area contributed by atoms with Crippen LogP contribution in [-0.4, -0.2) is 22.8 Å². The van der Waals surface area contributed by atoms with Crippen molar-refractivity contribution in [2.75, 3.05) is 0 Å². The van der Waals surface area contributed by atoms with Crippen molar-refractivity contribution in [3.05, 3.63) is 69.2 Å². The lowest BCUT2D eigenvalue weighted by atomic mass is 9.76. The van der Waals surface area contributed by atoms with Crippen LogP contribution in [-0.2, 0) is 0 Å². The number of nitrogens with one attached hydrogen (secondary N) is 1. The molecule has 1 amide bonds. The molecule has 0 heterocycles. The van der Waals surface area contributed by atoms with Crippen LogP contribution in [0.1, 0.15) is 47.6 Å². The Morgan fingerprint density at radius 3 is 2.54 bits per heavy atom. The summed E-state index contributed by atoms with van der Waals surface area (Å²) in [6.45, 7) is 0. The lowest BCUT2D eigenvalue weighted by Gasteiger charge is -2.41. The fourth-order valence-electron chi connectivity index (χ4n) is 3.50. The SMILES string of the molecule is O=C(NC(c1cccc(F)c1Cl)[C@]1(O)CC[C@@H](F)CC1)c1cc(F)ccc1Cl. The molecule has 0 radical (unpaired) electrons. The second-order valence-electron chi connectivity index (χ2n) is 6.95. The quantitative estimate of drug-likeness (QED) is 0.681. The number of benzene rings is 2. The van der Waals surface area contributed by atoms with Gasteiger partial charge in [0, 0.05) is 0 Å². The summed E-state index contributed by atoms with van der Waals surface area (Å²) in [6.07, 6.45) is -0.782. The summed E-state index contributed by atoms with van der Waals surface area (Å²) >= 11 is 12.1. The molecule has 0 spiro atoms. The molecule has 1 saturated carbocycles. The fraction of sp³-hybridized carbons (Fsp3) is 0.350. The van der Waals surface area contributed by atoms with E-state index in [2.05, 4.69) is 5.32 Å². The highest BCUT2D eigenvalue weighted by Crippen LogP contribution is 2.42. The van der Waals surface area contributed by atoms with E-state index in [9.17, 15) is 23.1 Å². The molecule has 0 aromatic heterocycles. The number of amides is 1.